The van der Waals surface area contributed by atoms with E-state index in [-0.39, 0.29) is 16.8 Å². The molecule has 1 saturated carbocycles. The van der Waals surface area contributed by atoms with Crippen molar-refractivity contribution in [1.29, 1.82) is 0 Å². The number of rotatable bonds is 8. The number of carbonyl (C=O) groups is 1. The number of nitrogens with one attached hydrogen (secondary N) is 1. The molecule has 8 heteroatoms. The molecule has 1 fully saturated rings. The van der Waals surface area contributed by atoms with E-state index in [0.717, 1.165) is 56.1 Å². The van der Waals surface area contributed by atoms with Crippen LogP contribution in [0.2, 0.25) is 0 Å². The summed E-state index contributed by atoms with van der Waals surface area (Å²) < 4.78 is 29.7. The second-order valence-electron chi connectivity index (χ2n) is 8.38. The van der Waals surface area contributed by atoms with Crippen LogP contribution in [0.15, 0.2) is 59.8 Å². The molecule has 1 aromatic heterocycles. The molecule has 1 aliphatic carbocycles. The number of nitrogens with zero attached hydrogens (tertiary/aromatic N) is 3. The molecule has 0 radical (unpaired) electrons. The molecule has 0 bridgehead atoms. The van der Waals surface area contributed by atoms with Gasteiger partial charge in [0.2, 0.25) is 10.0 Å². The number of sulfonamides is 1. The standard InChI is InChI=1S/C24H30N4O3S/c1-27(20-10-3-2-4-11-20)32(30,31)21-12-7-9-19(17-21)24(29)25-15-8-16-28-18-26-22-13-5-6-14-23(22)28/h5-7,9,12-14,17-18,20H,2-4,8,10-11,15-16H2,1H3,(H,25,29). The van der Waals surface area contributed by atoms with E-state index in [1.165, 1.54) is 10.4 Å². The monoisotopic (exact) mass is 454 g/mol. The second kappa shape index (κ2) is 9.83. The van der Waals surface area contributed by atoms with Gasteiger partial charge in [0, 0.05) is 31.7 Å². The van der Waals surface area contributed by atoms with Crippen LogP contribution in [-0.4, -0.2) is 47.8 Å². The maximum absolute atomic E-state index is 13.1. The number of para-hydroxylation sites is 2. The maximum atomic E-state index is 13.1. The van der Waals surface area contributed by atoms with Crippen molar-refractivity contribution in [2.24, 2.45) is 0 Å². The van der Waals surface area contributed by atoms with Crippen LogP contribution in [0.3, 0.4) is 0 Å². The Bertz CT molecular complexity index is 1180. The summed E-state index contributed by atoms with van der Waals surface area (Å²) in [5, 5.41) is 2.90. The summed E-state index contributed by atoms with van der Waals surface area (Å²) in [4.78, 5) is 17.2. The van der Waals surface area contributed by atoms with Crippen LogP contribution in [0, 0.1) is 0 Å². The van der Waals surface area contributed by atoms with E-state index in [4.69, 9.17) is 0 Å². The fraction of sp³-hybridized carbons (Fsp3) is 0.417. The van der Waals surface area contributed by atoms with Gasteiger partial charge in [-0.15, -0.1) is 0 Å². The van der Waals surface area contributed by atoms with Crippen molar-refractivity contribution in [1.82, 2.24) is 19.2 Å². The van der Waals surface area contributed by atoms with Gasteiger partial charge in [0.05, 0.1) is 22.3 Å². The molecule has 0 spiro atoms. The SMILES string of the molecule is CN(C1CCCCC1)S(=O)(=O)c1cccc(C(=O)NCCCn2cnc3ccccc32)c1. The molecule has 1 aliphatic rings. The molecule has 3 aromatic rings. The zero-order valence-corrected chi connectivity index (χ0v) is 19.2. The molecule has 170 valence electrons. The van der Waals surface area contributed by atoms with Gasteiger partial charge in [-0.1, -0.05) is 37.5 Å². The van der Waals surface area contributed by atoms with Crippen LogP contribution in [0.25, 0.3) is 11.0 Å². The first-order valence-electron chi connectivity index (χ1n) is 11.2. The molecule has 7 nitrogen and oxygen atoms in total. The number of hydrogen-bond acceptors (Lipinski definition) is 4. The number of aromatic nitrogens is 2. The van der Waals surface area contributed by atoms with Crippen molar-refractivity contribution in [3.8, 4) is 0 Å². The quantitative estimate of drug-likeness (QED) is 0.525. The van der Waals surface area contributed by atoms with Crippen molar-refractivity contribution >= 4 is 27.0 Å². The molecule has 0 unspecified atom stereocenters. The molecule has 0 aliphatic heterocycles. The van der Waals surface area contributed by atoms with Gasteiger partial charge in [0.25, 0.3) is 5.91 Å². The first-order chi connectivity index (χ1) is 15.5. The third-order valence-corrected chi connectivity index (χ3v) is 8.16. The fourth-order valence-corrected chi connectivity index (χ4v) is 5.81. The van der Waals surface area contributed by atoms with Gasteiger partial charge in [-0.3, -0.25) is 4.79 Å². The summed E-state index contributed by atoms with van der Waals surface area (Å²) in [6.45, 7) is 1.23. The molecule has 1 heterocycles. The predicted octanol–water partition coefficient (Wildman–Crippen LogP) is 3.81. The Balaban J connectivity index is 1.35. The minimum atomic E-state index is -3.63. The summed E-state index contributed by atoms with van der Waals surface area (Å²) >= 11 is 0. The maximum Gasteiger partial charge on any atom is 0.251 e. The van der Waals surface area contributed by atoms with Crippen LogP contribution in [0.4, 0.5) is 0 Å². The Labute approximate surface area is 189 Å². The van der Waals surface area contributed by atoms with E-state index in [1.807, 2.05) is 30.6 Å². The Morgan fingerprint density at radius 2 is 1.91 bits per heavy atom. The average Bonchev–Trinajstić information content (AvgIpc) is 3.25. The zero-order chi connectivity index (χ0) is 22.6. The van der Waals surface area contributed by atoms with E-state index in [1.54, 1.807) is 25.2 Å². The van der Waals surface area contributed by atoms with Crippen molar-refractivity contribution in [3.05, 3.63) is 60.4 Å². The summed E-state index contributed by atoms with van der Waals surface area (Å²) in [5.41, 5.74) is 2.38. The lowest BCUT2D eigenvalue weighted by atomic mass is 9.96. The van der Waals surface area contributed by atoms with E-state index in [9.17, 15) is 13.2 Å². The Morgan fingerprint density at radius 3 is 2.72 bits per heavy atom. The Kier molecular flexibility index (Phi) is 6.91. The lowest BCUT2D eigenvalue weighted by molar-refractivity contribution is 0.0952. The number of fused-ring (bicyclic) bond motifs is 1. The van der Waals surface area contributed by atoms with Gasteiger partial charge in [0.1, 0.15) is 0 Å². The van der Waals surface area contributed by atoms with Gasteiger partial charge >= 0.3 is 0 Å². The molecule has 1 amide bonds. The van der Waals surface area contributed by atoms with E-state index < -0.39 is 10.0 Å². The molecule has 0 saturated heterocycles. The normalized spacial score (nSPS) is 15.3. The number of amides is 1. The van der Waals surface area contributed by atoms with Crippen LogP contribution >= 0.6 is 0 Å². The van der Waals surface area contributed by atoms with E-state index >= 15 is 0 Å². The lowest BCUT2D eigenvalue weighted by Gasteiger charge is -2.30. The number of benzene rings is 2. The second-order valence-corrected chi connectivity index (χ2v) is 10.4. The van der Waals surface area contributed by atoms with Gasteiger partial charge in [-0.25, -0.2) is 13.4 Å². The van der Waals surface area contributed by atoms with Gasteiger partial charge in [-0.05, 0) is 49.6 Å². The number of hydrogen-bond donors (Lipinski definition) is 1. The van der Waals surface area contributed by atoms with Gasteiger partial charge in [0.15, 0.2) is 0 Å². The summed E-state index contributed by atoms with van der Waals surface area (Å²) in [6, 6.07) is 14.3. The zero-order valence-electron chi connectivity index (χ0n) is 18.4. The van der Waals surface area contributed by atoms with Gasteiger partial charge < -0.3 is 9.88 Å². The van der Waals surface area contributed by atoms with Crippen LogP contribution in [0.5, 0.6) is 0 Å². The van der Waals surface area contributed by atoms with Crippen molar-refractivity contribution in [2.75, 3.05) is 13.6 Å². The number of imidazole rings is 1. The Hall–Kier alpha value is -2.71. The fourth-order valence-electron chi connectivity index (χ4n) is 4.35. The number of carbonyl (C=O) groups excluding carboxylic acids is 1. The third kappa shape index (κ3) is 4.86. The minimum Gasteiger partial charge on any atom is -0.352 e. The molecule has 2 aromatic carbocycles. The minimum absolute atomic E-state index is 0.0329. The Morgan fingerprint density at radius 1 is 1.12 bits per heavy atom. The summed E-state index contributed by atoms with van der Waals surface area (Å²) in [5.74, 6) is -0.266. The van der Waals surface area contributed by atoms with Crippen LogP contribution < -0.4 is 5.32 Å². The largest absolute Gasteiger partial charge is 0.352 e. The first kappa shape index (κ1) is 22.5. The summed E-state index contributed by atoms with van der Waals surface area (Å²) in [6.07, 6.45) is 7.61. The molecular weight excluding hydrogens is 424 g/mol. The smallest absolute Gasteiger partial charge is 0.251 e. The van der Waals surface area contributed by atoms with Crippen molar-refractivity contribution < 1.29 is 13.2 Å². The third-order valence-electron chi connectivity index (χ3n) is 6.25. The van der Waals surface area contributed by atoms with Gasteiger partial charge in [-0.2, -0.15) is 4.31 Å². The highest BCUT2D eigenvalue weighted by Gasteiger charge is 2.29. The molecule has 1 N–H and O–H groups in total. The highest BCUT2D eigenvalue weighted by Crippen LogP contribution is 2.26. The van der Waals surface area contributed by atoms with E-state index in [2.05, 4.69) is 14.9 Å². The topological polar surface area (TPSA) is 84.3 Å². The predicted molar refractivity (Wildman–Crippen MR) is 125 cm³/mol. The van der Waals surface area contributed by atoms with Crippen molar-refractivity contribution in [3.63, 3.8) is 0 Å². The van der Waals surface area contributed by atoms with E-state index in [0.29, 0.717) is 12.1 Å². The van der Waals surface area contributed by atoms with Crippen LogP contribution in [0.1, 0.15) is 48.9 Å². The molecular formula is C24H30N4O3S. The highest BCUT2D eigenvalue weighted by molar-refractivity contribution is 7.89. The molecule has 4 rings (SSSR count). The van der Waals surface area contributed by atoms with Crippen LogP contribution in [-0.2, 0) is 16.6 Å². The van der Waals surface area contributed by atoms with Crippen molar-refractivity contribution in [2.45, 2.75) is 56.0 Å². The summed E-state index contributed by atoms with van der Waals surface area (Å²) in [7, 11) is -1.98. The lowest BCUT2D eigenvalue weighted by Crippen LogP contribution is -2.38. The molecule has 32 heavy (non-hydrogen) atoms. The number of aryl methyl sites for hydroxylation is 1. The molecule has 0 atom stereocenters. The highest BCUT2D eigenvalue weighted by atomic mass is 32.2. The average molecular weight is 455 g/mol. The first-order valence-corrected chi connectivity index (χ1v) is 12.7.